The van der Waals surface area contributed by atoms with Crippen LogP contribution in [0.25, 0.3) is 0 Å². The molecule has 2 heterocycles. The van der Waals surface area contributed by atoms with E-state index in [-0.39, 0.29) is 11.9 Å². The van der Waals surface area contributed by atoms with Crippen LogP contribution in [0.3, 0.4) is 0 Å². The Morgan fingerprint density at radius 1 is 1.65 bits per heavy atom. The van der Waals surface area contributed by atoms with Crippen molar-refractivity contribution in [3.8, 4) is 0 Å². The first-order chi connectivity index (χ1) is 8.16. The third kappa shape index (κ3) is 3.26. The van der Waals surface area contributed by atoms with E-state index >= 15 is 0 Å². The second-order valence-corrected chi connectivity index (χ2v) is 5.62. The van der Waals surface area contributed by atoms with Gasteiger partial charge in [-0.15, -0.1) is 11.3 Å². The summed E-state index contributed by atoms with van der Waals surface area (Å²) in [6.45, 7) is 3.56. The Morgan fingerprint density at radius 3 is 3.06 bits per heavy atom. The van der Waals surface area contributed by atoms with Crippen molar-refractivity contribution in [1.82, 2.24) is 15.2 Å². The van der Waals surface area contributed by atoms with Crippen molar-refractivity contribution in [3.63, 3.8) is 0 Å². The van der Waals surface area contributed by atoms with E-state index in [2.05, 4.69) is 10.3 Å². The van der Waals surface area contributed by atoms with Gasteiger partial charge in [-0.25, -0.2) is 4.98 Å². The summed E-state index contributed by atoms with van der Waals surface area (Å²) in [5.41, 5.74) is 0.985. The predicted molar refractivity (Wildman–Crippen MR) is 69.0 cm³/mol. The quantitative estimate of drug-likeness (QED) is 0.889. The van der Waals surface area contributed by atoms with Crippen LogP contribution in [0.1, 0.15) is 30.0 Å². The van der Waals surface area contributed by atoms with E-state index in [0.29, 0.717) is 6.54 Å². The Morgan fingerprint density at radius 2 is 2.47 bits per heavy atom. The van der Waals surface area contributed by atoms with Crippen LogP contribution in [0.5, 0.6) is 0 Å². The normalized spacial score (nSPS) is 20.2. The molecule has 94 valence electrons. The number of piperidine rings is 1. The van der Waals surface area contributed by atoms with Crippen molar-refractivity contribution in [2.24, 2.45) is 0 Å². The molecular formula is C12H19N3OS. The molecule has 0 aromatic carbocycles. The van der Waals surface area contributed by atoms with Gasteiger partial charge in [0.1, 0.15) is 0 Å². The number of carbonyl (C=O) groups excluding carboxylic acids is 1. The van der Waals surface area contributed by atoms with Crippen molar-refractivity contribution >= 4 is 17.2 Å². The molecule has 2 rings (SSSR count). The molecule has 1 amide bonds. The molecule has 1 aromatic heterocycles. The molecule has 17 heavy (non-hydrogen) atoms. The number of thiazole rings is 1. The standard InChI is InChI=1S/C12H19N3OS/c1-9-14-10(8-17-9)7-15(2)12(16)11-5-3-4-6-13-11/h8,11,13H,3-7H2,1-2H3/t11-/m1/s1. The van der Waals surface area contributed by atoms with Crippen molar-refractivity contribution in [1.29, 1.82) is 0 Å². The third-order valence-electron chi connectivity index (χ3n) is 3.05. The molecule has 0 aliphatic carbocycles. The Hall–Kier alpha value is -0.940. The number of carbonyl (C=O) groups is 1. The number of amides is 1. The summed E-state index contributed by atoms with van der Waals surface area (Å²) in [6, 6.07) is 0.00785. The zero-order valence-electron chi connectivity index (χ0n) is 10.4. The van der Waals surface area contributed by atoms with E-state index in [0.717, 1.165) is 30.1 Å². The molecule has 1 N–H and O–H groups in total. The monoisotopic (exact) mass is 253 g/mol. The minimum absolute atomic E-state index is 0.00785. The average molecular weight is 253 g/mol. The molecule has 0 bridgehead atoms. The second-order valence-electron chi connectivity index (χ2n) is 4.55. The first-order valence-electron chi connectivity index (χ1n) is 6.06. The van der Waals surface area contributed by atoms with E-state index in [1.165, 1.54) is 6.42 Å². The van der Waals surface area contributed by atoms with Crippen molar-refractivity contribution in [2.45, 2.75) is 38.8 Å². The summed E-state index contributed by atoms with van der Waals surface area (Å²) in [7, 11) is 1.85. The largest absolute Gasteiger partial charge is 0.338 e. The fourth-order valence-corrected chi connectivity index (χ4v) is 2.73. The van der Waals surface area contributed by atoms with Crippen molar-refractivity contribution < 1.29 is 4.79 Å². The van der Waals surface area contributed by atoms with Crippen LogP contribution in [0, 0.1) is 6.92 Å². The molecule has 1 saturated heterocycles. The molecule has 1 fully saturated rings. The van der Waals surface area contributed by atoms with Crippen LogP contribution in [0.2, 0.25) is 0 Å². The zero-order valence-corrected chi connectivity index (χ0v) is 11.2. The van der Waals surface area contributed by atoms with Crippen LogP contribution in [0.15, 0.2) is 5.38 Å². The molecule has 0 spiro atoms. The molecule has 0 radical (unpaired) electrons. The number of likely N-dealkylation sites (N-methyl/N-ethyl adjacent to an activating group) is 1. The van der Waals surface area contributed by atoms with Gasteiger partial charge in [-0.2, -0.15) is 0 Å². The lowest BCUT2D eigenvalue weighted by atomic mass is 10.0. The van der Waals surface area contributed by atoms with Gasteiger partial charge in [-0.3, -0.25) is 4.79 Å². The maximum absolute atomic E-state index is 12.1. The van der Waals surface area contributed by atoms with E-state index in [4.69, 9.17) is 0 Å². The van der Waals surface area contributed by atoms with Crippen LogP contribution < -0.4 is 5.32 Å². The first kappa shape index (κ1) is 12.5. The average Bonchev–Trinajstić information content (AvgIpc) is 2.75. The number of nitrogens with zero attached hydrogens (tertiary/aromatic N) is 2. The van der Waals surface area contributed by atoms with Gasteiger partial charge in [-0.1, -0.05) is 6.42 Å². The second kappa shape index (κ2) is 5.60. The summed E-state index contributed by atoms with van der Waals surface area (Å²) >= 11 is 1.63. The highest BCUT2D eigenvalue weighted by atomic mass is 32.1. The van der Waals surface area contributed by atoms with Gasteiger partial charge < -0.3 is 10.2 Å². The van der Waals surface area contributed by atoms with Crippen molar-refractivity contribution in [2.75, 3.05) is 13.6 Å². The van der Waals surface area contributed by atoms with E-state index < -0.39 is 0 Å². The highest BCUT2D eigenvalue weighted by Gasteiger charge is 2.23. The van der Waals surface area contributed by atoms with Gasteiger partial charge in [0.15, 0.2) is 0 Å². The van der Waals surface area contributed by atoms with E-state index in [9.17, 15) is 4.79 Å². The SMILES string of the molecule is Cc1nc(CN(C)C(=O)[C@H]2CCCCN2)cs1. The molecule has 1 aromatic rings. The van der Waals surface area contributed by atoms with E-state index in [1.807, 2.05) is 19.4 Å². The fraction of sp³-hybridized carbons (Fsp3) is 0.667. The van der Waals surface area contributed by atoms with Gasteiger partial charge in [0.25, 0.3) is 0 Å². The summed E-state index contributed by atoms with van der Waals surface area (Å²) in [6.07, 6.45) is 3.28. The Kier molecular flexibility index (Phi) is 4.12. The summed E-state index contributed by atoms with van der Waals surface area (Å²) in [5.74, 6) is 0.190. The van der Waals surface area contributed by atoms with Crippen LogP contribution >= 0.6 is 11.3 Å². The summed E-state index contributed by atoms with van der Waals surface area (Å²) < 4.78 is 0. The van der Waals surface area contributed by atoms with Gasteiger partial charge in [0.05, 0.1) is 23.3 Å². The summed E-state index contributed by atoms with van der Waals surface area (Å²) in [5, 5.41) is 6.36. The molecular weight excluding hydrogens is 234 g/mol. The highest BCUT2D eigenvalue weighted by molar-refractivity contribution is 7.09. The number of hydrogen-bond acceptors (Lipinski definition) is 4. The van der Waals surface area contributed by atoms with Gasteiger partial charge in [-0.05, 0) is 26.3 Å². The zero-order chi connectivity index (χ0) is 12.3. The number of aromatic nitrogens is 1. The molecule has 1 aliphatic heterocycles. The summed E-state index contributed by atoms with van der Waals surface area (Å²) in [4.78, 5) is 18.3. The molecule has 4 nitrogen and oxygen atoms in total. The lowest BCUT2D eigenvalue weighted by molar-refractivity contribution is -0.133. The topological polar surface area (TPSA) is 45.2 Å². The predicted octanol–water partition coefficient (Wildman–Crippen LogP) is 1.55. The van der Waals surface area contributed by atoms with Gasteiger partial charge in [0, 0.05) is 12.4 Å². The molecule has 5 heteroatoms. The maximum atomic E-state index is 12.1. The molecule has 0 saturated carbocycles. The van der Waals surface area contributed by atoms with Gasteiger partial charge in [0.2, 0.25) is 5.91 Å². The molecule has 1 aliphatic rings. The van der Waals surface area contributed by atoms with E-state index in [1.54, 1.807) is 16.2 Å². The van der Waals surface area contributed by atoms with Gasteiger partial charge >= 0.3 is 0 Å². The third-order valence-corrected chi connectivity index (χ3v) is 3.87. The minimum Gasteiger partial charge on any atom is -0.338 e. The number of aryl methyl sites for hydroxylation is 1. The lowest BCUT2D eigenvalue weighted by Gasteiger charge is -2.27. The Labute approximate surface area is 106 Å². The Balaban J connectivity index is 1.90. The maximum Gasteiger partial charge on any atom is 0.239 e. The van der Waals surface area contributed by atoms with Crippen molar-refractivity contribution in [3.05, 3.63) is 16.1 Å². The first-order valence-corrected chi connectivity index (χ1v) is 6.94. The molecule has 1 atom stereocenters. The van der Waals surface area contributed by atoms with Crippen LogP contribution in [0.4, 0.5) is 0 Å². The Bertz CT molecular complexity index is 385. The number of nitrogens with one attached hydrogen (secondary N) is 1. The van der Waals surface area contributed by atoms with Crippen LogP contribution in [-0.2, 0) is 11.3 Å². The smallest absolute Gasteiger partial charge is 0.239 e. The minimum atomic E-state index is 0.00785. The van der Waals surface area contributed by atoms with Crippen LogP contribution in [-0.4, -0.2) is 35.4 Å². The number of rotatable bonds is 3. The lowest BCUT2D eigenvalue weighted by Crippen LogP contribution is -2.47. The highest BCUT2D eigenvalue weighted by Crippen LogP contribution is 2.13. The molecule has 0 unspecified atom stereocenters. The number of hydrogen-bond donors (Lipinski definition) is 1. The fourth-order valence-electron chi connectivity index (χ4n) is 2.13.